The van der Waals surface area contributed by atoms with Crippen molar-refractivity contribution in [3.05, 3.63) is 53.7 Å². The van der Waals surface area contributed by atoms with Crippen LogP contribution in [-0.2, 0) is 0 Å². The van der Waals surface area contributed by atoms with Crippen molar-refractivity contribution in [3.8, 4) is 0 Å². The van der Waals surface area contributed by atoms with Gasteiger partial charge in [-0.3, -0.25) is 10.3 Å². The molecule has 2 heterocycles. The molecule has 0 bridgehead atoms. The number of benzene rings is 1. The molecule has 28 heavy (non-hydrogen) atoms. The predicted molar refractivity (Wildman–Crippen MR) is 110 cm³/mol. The Kier molecular flexibility index (Phi) is 5.00. The minimum atomic E-state index is -0.931. The molecule has 1 aromatic carbocycles. The van der Waals surface area contributed by atoms with Gasteiger partial charge in [-0.1, -0.05) is 43.2 Å². The van der Waals surface area contributed by atoms with E-state index in [1.165, 1.54) is 0 Å². The van der Waals surface area contributed by atoms with Crippen molar-refractivity contribution in [3.63, 3.8) is 0 Å². The van der Waals surface area contributed by atoms with Gasteiger partial charge in [0.15, 0.2) is 0 Å². The summed E-state index contributed by atoms with van der Waals surface area (Å²) < 4.78 is 0. The first-order valence-electron chi connectivity index (χ1n) is 9.76. The zero-order valence-corrected chi connectivity index (χ0v) is 15.9. The van der Waals surface area contributed by atoms with E-state index in [9.17, 15) is 9.90 Å². The van der Waals surface area contributed by atoms with Gasteiger partial charge < -0.3 is 15.7 Å². The number of hydrogen-bond acceptors (Lipinski definition) is 4. The molecule has 0 saturated heterocycles. The Morgan fingerprint density at radius 2 is 2.07 bits per heavy atom. The molecule has 2 amide bonds. The van der Waals surface area contributed by atoms with E-state index in [4.69, 9.17) is 0 Å². The third-order valence-electron chi connectivity index (χ3n) is 5.39. The summed E-state index contributed by atoms with van der Waals surface area (Å²) in [5, 5.41) is 20.0. The fraction of sp³-hybridized carbons (Fsp3) is 0.381. The number of fused-ring (bicyclic) bond motifs is 1. The molecule has 2 aliphatic rings. The van der Waals surface area contributed by atoms with Crippen LogP contribution in [0.5, 0.6) is 0 Å². The third-order valence-corrected chi connectivity index (χ3v) is 5.39. The summed E-state index contributed by atoms with van der Waals surface area (Å²) in [4.78, 5) is 21.3. The number of nitrogens with zero attached hydrogens (tertiary/aromatic N) is 2. The van der Waals surface area contributed by atoms with Crippen LogP contribution in [0, 0.1) is 0 Å². The quantitative estimate of drug-likeness (QED) is 0.639. The van der Waals surface area contributed by atoms with Crippen molar-refractivity contribution in [2.75, 3.05) is 17.2 Å². The second kappa shape index (κ2) is 7.59. The van der Waals surface area contributed by atoms with Gasteiger partial charge in [0.1, 0.15) is 11.7 Å². The van der Waals surface area contributed by atoms with Gasteiger partial charge >= 0.3 is 6.03 Å². The molecule has 1 unspecified atom stereocenters. The molecule has 0 radical (unpaired) electrons. The maximum atomic E-state index is 12.7. The molecule has 1 fully saturated rings. The normalized spacial score (nSPS) is 19.3. The fourth-order valence-corrected chi connectivity index (χ4v) is 3.96. The summed E-state index contributed by atoms with van der Waals surface area (Å²) in [6, 6.07) is 10.6. The number of anilines is 2. The van der Waals surface area contributed by atoms with Crippen molar-refractivity contribution in [2.24, 2.45) is 4.99 Å². The van der Waals surface area contributed by atoms with Crippen molar-refractivity contribution in [2.45, 2.75) is 44.2 Å². The Hall–Kier alpha value is -2.93. The number of amidine groups is 1. The van der Waals surface area contributed by atoms with Gasteiger partial charge in [-0.25, -0.2) is 9.78 Å². The van der Waals surface area contributed by atoms with E-state index in [-0.39, 0.29) is 6.03 Å². The van der Waals surface area contributed by atoms with Crippen LogP contribution in [0.25, 0.3) is 0 Å². The standard InChI is InChI=1S/C21H25N5O2/c1-2-22-19-15-13-23-17(12-16(15)24-19)25-20(27)26-18(14-8-4-3-5-9-14)21(28)10-6-7-11-21/h3-5,8-9,12-13,18,28H,2,6-7,10-11H2,1H3,(H,22,24)(H2,23,25,26,27). The lowest BCUT2D eigenvalue weighted by atomic mass is 9.87. The second-order valence-electron chi connectivity index (χ2n) is 7.32. The zero-order chi connectivity index (χ0) is 19.6. The summed E-state index contributed by atoms with van der Waals surface area (Å²) in [6.45, 7) is 2.68. The molecular formula is C21H25N5O2. The Morgan fingerprint density at radius 1 is 1.32 bits per heavy atom. The van der Waals surface area contributed by atoms with Gasteiger partial charge in [0.25, 0.3) is 0 Å². The Morgan fingerprint density at radius 3 is 2.75 bits per heavy atom. The number of aliphatic imine (C=N–C) groups is 1. The Balaban J connectivity index is 1.48. The lowest BCUT2D eigenvalue weighted by molar-refractivity contribution is 0.0113. The van der Waals surface area contributed by atoms with Gasteiger partial charge in [0.2, 0.25) is 0 Å². The van der Waals surface area contributed by atoms with Gasteiger partial charge in [0, 0.05) is 18.8 Å². The molecule has 146 valence electrons. The van der Waals surface area contributed by atoms with E-state index in [1.54, 1.807) is 12.3 Å². The van der Waals surface area contributed by atoms with E-state index < -0.39 is 11.6 Å². The number of aliphatic hydroxyl groups is 1. The minimum Gasteiger partial charge on any atom is -0.387 e. The number of carbonyl (C=O) groups excluding carboxylic acids is 1. The summed E-state index contributed by atoms with van der Waals surface area (Å²) in [5.41, 5.74) is 1.82. The molecule has 7 nitrogen and oxygen atoms in total. The summed E-state index contributed by atoms with van der Waals surface area (Å²) in [5.74, 6) is 1.28. The van der Waals surface area contributed by atoms with E-state index in [1.807, 2.05) is 37.3 Å². The molecule has 1 atom stereocenters. The highest BCUT2D eigenvalue weighted by Crippen LogP contribution is 2.39. The van der Waals surface area contributed by atoms with Crippen molar-refractivity contribution in [1.29, 1.82) is 0 Å². The average Bonchev–Trinajstić information content (AvgIpc) is 3.13. The predicted octanol–water partition coefficient (Wildman–Crippen LogP) is 3.44. The van der Waals surface area contributed by atoms with Crippen molar-refractivity contribution >= 4 is 23.4 Å². The number of rotatable bonds is 5. The number of hydrogen-bond donors (Lipinski definition) is 4. The van der Waals surface area contributed by atoms with Crippen LogP contribution >= 0.6 is 0 Å². The Bertz CT molecular complexity index is 891. The molecule has 1 aliphatic carbocycles. The molecule has 4 N–H and O–H groups in total. The van der Waals surface area contributed by atoms with Crippen LogP contribution < -0.4 is 16.0 Å². The number of amides is 2. The van der Waals surface area contributed by atoms with Gasteiger partial charge in [-0.05, 0) is 25.3 Å². The van der Waals surface area contributed by atoms with Gasteiger partial charge in [-0.15, -0.1) is 0 Å². The van der Waals surface area contributed by atoms with E-state index >= 15 is 0 Å². The van der Waals surface area contributed by atoms with Gasteiger partial charge in [-0.2, -0.15) is 0 Å². The number of pyridine rings is 1. The van der Waals surface area contributed by atoms with Crippen LogP contribution in [0.4, 0.5) is 16.3 Å². The molecule has 4 rings (SSSR count). The summed E-state index contributed by atoms with van der Waals surface area (Å²) >= 11 is 0. The summed E-state index contributed by atoms with van der Waals surface area (Å²) in [7, 11) is 0. The smallest absolute Gasteiger partial charge is 0.320 e. The van der Waals surface area contributed by atoms with E-state index in [0.29, 0.717) is 25.2 Å². The maximum absolute atomic E-state index is 12.7. The lowest BCUT2D eigenvalue weighted by Gasteiger charge is -2.33. The number of nitrogens with one attached hydrogen (secondary N) is 3. The number of aromatic nitrogens is 1. The SMILES string of the molecule is CCN=C1Nc2cc(NC(=O)NC(c3ccccc3)C3(O)CCCC3)ncc21. The molecular weight excluding hydrogens is 354 g/mol. The van der Waals surface area contributed by atoms with Crippen LogP contribution in [0.15, 0.2) is 47.6 Å². The van der Waals surface area contributed by atoms with Gasteiger partial charge in [0.05, 0.1) is 22.9 Å². The largest absolute Gasteiger partial charge is 0.387 e. The fourth-order valence-electron chi connectivity index (χ4n) is 3.96. The maximum Gasteiger partial charge on any atom is 0.320 e. The third kappa shape index (κ3) is 3.57. The van der Waals surface area contributed by atoms with Crippen molar-refractivity contribution < 1.29 is 9.90 Å². The zero-order valence-electron chi connectivity index (χ0n) is 15.9. The highest BCUT2D eigenvalue weighted by atomic mass is 16.3. The number of carbonyl (C=O) groups is 1. The van der Waals surface area contributed by atoms with Crippen LogP contribution in [0.1, 0.15) is 49.8 Å². The first kappa shape index (κ1) is 18.4. The van der Waals surface area contributed by atoms with Crippen LogP contribution in [0.2, 0.25) is 0 Å². The van der Waals surface area contributed by atoms with Crippen LogP contribution in [0.3, 0.4) is 0 Å². The highest BCUT2D eigenvalue weighted by molar-refractivity contribution is 6.21. The molecule has 1 aliphatic heterocycles. The number of urea groups is 1. The monoisotopic (exact) mass is 379 g/mol. The summed E-state index contributed by atoms with van der Waals surface area (Å²) in [6.07, 6.45) is 4.97. The second-order valence-corrected chi connectivity index (χ2v) is 7.32. The molecule has 0 spiro atoms. The van der Waals surface area contributed by atoms with Crippen molar-refractivity contribution in [1.82, 2.24) is 10.3 Å². The molecule has 2 aromatic rings. The molecule has 7 heteroatoms. The molecule has 1 saturated carbocycles. The lowest BCUT2D eigenvalue weighted by Crippen LogP contribution is -2.46. The average molecular weight is 379 g/mol. The van der Waals surface area contributed by atoms with E-state index in [2.05, 4.69) is 25.9 Å². The Labute approximate surface area is 164 Å². The molecule has 1 aromatic heterocycles. The highest BCUT2D eigenvalue weighted by Gasteiger charge is 2.41. The minimum absolute atomic E-state index is 0.386. The first-order valence-corrected chi connectivity index (χ1v) is 9.76. The van der Waals surface area contributed by atoms with Crippen LogP contribution in [-0.4, -0.2) is 34.1 Å². The topological polar surface area (TPSA) is 98.6 Å². The van der Waals surface area contributed by atoms with E-state index in [0.717, 1.165) is 35.5 Å². The first-order chi connectivity index (χ1) is 13.6.